The number of halogens is 2. The van der Waals surface area contributed by atoms with Crippen molar-refractivity contribution in [3.8, 4) is 21.9 Å². The first-order chi connectivity index (χ1) is 16.3. The Morgan fingerprint density at radius 3 is 2.37 bits per heavy atom. The van der Waals surface area contributed by atoms with Crippen molar-refractivity contribution in [3.63, 3.8) is 0 Å². The number of primary sulfonamides is 1. The van der Waals surface area contributed by atoms with Crippen LogP contribution in [0.2, 0.25) is 0 Å². The number of H-pyrrole nitrogens is 1. The summed E-state index contributed by atoms with van der Waals surface area (Å²) in [5, 5.41) is 7.93. The van der Waals surface area contributed by atoms with Crippen LogP contribution < -0.4 is 20.8 Å². The molecule has 0 fully saturated rings. The zero-order valence-electron chi connectivity index (χ0n) is 18.9. The molecule has 0 unspecified atom stereocenters. The van der Waals surface area contributed by atoms with Gasteiger partial charge in [-0.05, 0) is 43.2 Å². The average molecular weight is 523 g/mol. The van der Waals surface area contributed by atoms with Gasteiger partial charge in [-0.1, -0.05) is 0 Å². The molecule has 184 valence electrons. The molecule has 1 aromatic carbocycles. The van der Waals surface area contributed by atoms with Crippen molar-refractivity contribution in [2.24, 2.45) is 12.2 Å². The van der Waals surface area contributed by atoms with Gasteiger partial charge < -0.3 is 19.6 Å². The fourth-order valence-electron chi connectivity index (χ4n) is 3.76. The molecule has 3 heterocycles. The number of nitrogens with two attached hydrogens (primary N) is 1. The predicted octanol–water partition coefficient (Wildman–Crippen LogP) is 3.29. The molecule has 0 saturated heterocycles. The molecule has 4 N–H and O–H groups in total. The molecule has 0 spiro atoms. The summed E-state index contributed by atoms with van der Waals surface area (Å²) in [5.74, 6) is -2.56. The minimum Gasteiger partial charge on any atom is -0.452 e. The lowest BCUT2D eigenvalue weighted by Gasteiger charge is -2.13. The van der Waals surface area contributed by atoms with E-state index in [1.807, 2.05) is 0 Å². The van der Waals surface area contributed by atoms with Crippen LogP contribution in [0.25, 0.3) is 21.3 Å². The number of hydrogen-bond donors (Lipinski definition) is 3. The van der Waals surface area contributed by atoms with Gasteiger partial charge in [-0.15, -0.1) is 11.3 Å². The Balaban J connectivity index is 2.06. The maximum Gasteiger partial charge on any atom is 0.274 e. The second-order valence-electron chi connectivity index (χ2n) is 7.89. The van der Waals surface area contributed by atoms with Gasteiger partial charge in [-0.2, -0.15) is 0 Å². The predicted molar refractivity (Wildman–Crippen MR) is 128 cm³/mol. The Hall–Kier alpha value is -3.55. The van der Waals surface area contributed by atoms with Crippen molar-refractivity contribution in [3.05, 3.63) is 63.2 Å². The molecule has 9 nitrogen and oxygen atoms in total. The summed E-state index contributed by atoms with van der Waals surface area (Å²) in [6.07, 6.45) is 1.38. The maximum absolute atomic E-state index is 15.5. The first-order valence-electron chi connectivity index (χ1n) is 10.1. The van der Waals surface area contributed by atoms with Crippen molar-refractivity contribution in [1.29, 1.82) is 0 Å². The van der Waals surface area contributed by atoms with Crippen LogP contribution in [0.3, 0.4) is 0 Å². The van der Waals surface area contributed by atoms with E-state index in [9.17, 15) is 22.4 Å². The zero-order valence-corrected chi connectivity index (χ0v) is 20.6. The number of benzene rings is 1. The highest BCUT2D eigenvalue weighted by Gasteiger charge is 2.30. The van der Waals surface area contributed by atoms with Crippen LogP contribution in [0.1, 0.15) is 21.6 Å². The fourth-order valence-corrected chi connectivity index (χ4v) is 5.68. The lowest BCUT2D eigenvalue weighted by molar-refractivity contribution is 0.0959. The van der Waals surface area contributed by atoms with Gasteiger partial charge in [0, 0.05) is 31.2 Å². The molecule has 0 bridgehead atoms. The molecule has 0 aliphatic heterocycles. The molecule has 0 atom stereocenters. The van der Waals surface area contributed by atoms with Crippen molar-refractivity contribution in [1.82, 2.24) is 14.9 Å². The number of carbonyl (C=O) groups is 1. The summed E-state index contributed by atoms with van der Waals surface area (Å²) < 4.78 is 59.8. The number of sulfonamides is 1. The Kier molecular flexibility index (Phi) is 6.03. The minimum absolute atomic E-state index is 0.0118. The third-order valence-corrected chi connectivity index (χ3v) is 7.97. The summed E-state index contributed by atoms with van der Waals surface area (Å²) in [6.45, 7) is 3.12. The van der Waals surface area contributed by atoms with Gasteiger partial charge >= 0.3 is 0 Å². The quantitative estimate of drug-likeness (QED) is 0.370. The zero-order chi connectivity index (χ0) is 25.8. The largest absolute Gasteiger partial charge is 0.452 e. The molecule has 0 aliphatic carbocycles. The average Bonchev–Trinajstić information content (AvgIpc) is 3.35. The maximum atomic E-state index is 15.5. The second kappa shape index (κ2) is 8.59. The summed E-state index contributed by atoms with van der Waals surface area (Å²) in [6, 6.07) is 3.79. The molecular weight excluding hydrogens is 502 g/mol. The lowest BCUT2D eigenvalue weighted by Crippen LogP contribution is -2.19. The van der Waals surface area contributed by atoms with Crippen LogP contribution in [-0.2, 0) is 17.1 Å². The van der Waals surface area contributed by atoms with E-state index < -0.39 is 43.1 Å². The molecule has 0 aliphatic rings. The smallest absolute Gasteiger partial charge is 0.274 e. The number of carbonyl (C=O) groups excluding carboxylic acids is 1. The van der Waals surface area contributed by atoms with E-state index in [-0.39, 0.29) is 32.8 Å². The van der Waals surface area contributed by atoms with E-state index >= 15 is 4.39 Å². The summed E-state index contributed by atoms with van der Waals surface area (Å²) in [7, 11) is -1.62. The van der Waals surface area contributed by atoms with Gasteiger partial charge in [0.1, 0.15) is 22.8 Å². The van der Waals surface area contributed by atoms with E-state index in [1.165, 1.54) is 43.1 Å². The first kappa shape index (κ1) is 24.6. The number of aryl methyl sites for hydroxylation is 3. The number of nitrogens with one attached hydrogen (secondary N) is 2. The van der Waals surface area contributed by atoms with Crippen molar-refractivity contribution in [2.75, 3.05) is 7.05 Å². The molecule has 13 heteroatoms. The Morgan fingerprint density at radius 2 is 1.80 bits per heavy atom. The van der Waals surface area contributed by atoms with Crippen molar-refractivity contribution >= 4 is 38.2 Å². The van der Waals surface area contributed by atoms with Crippen molar-refractivity contribution < 1.29 is 26.7 Å². The third-order valence-electron chi connectivity index (χ3n) is 5.35. The van der Waals surface area contributed by atoms with Gasteiger partial charge in [0.15, 0.2) is 15.8 Å². The number of rotatable bonds is 5. The molecule has 35 heavy (non-hydrogen) atoms. The second-order valence-corrected chi connectivity index (χ2v) is 10.7. The highest BCUT2D eigenvalue weighted by Crippen LogP contribution is 2.47. The van der Waals surface area contributed by atoms with E-state index in [1.54, 1.807) is 13.8 Å². The number of hydrogen-bond acceptors (Lipinski definition) is 6. The van der Waals surface area contributed by atoms with E-state index in [0.717, 1.165) is 0 Å². The normalized spacial score (nSPS) is 11.7. The lowest BCUT2D eigenvalue weighted by atomic mass is 10.1. The topological polar surface area (TPSA) is 136 Å². The monoisotopic (exact) mass is 522 g/mol. The van der Waals surface area contributed by atoms with E-state index in [4.69, 9.17) is 9.88 Å². The highest BCUT2D eigenvalue weighted by molar-refractivity contribution is 7.91. The standard InChI is InChI=1S/C22H20F2N4O5S2/c1-9-5-11(23)6-10(2)17(9)33-18-15(24)22(35(25,31)32)34-19(18)13-8-28(4)21(30)16-12(13)7-14(27-16)20(29)26-3/h5-8,27H,1-4H3,(H,26,29)(H2,25,31,32). The number of aromatic amines is 1. The minimum atomic E-state index is -4.48. The first-order valence-corrected chi connectivity index (χ1v) is 12.4. The van der Waals surface area contributed by atoms with Crippen LogP contribution >= 0.6 is 11.3 Å². The highest BCUT2D eigenvalue weighted by atomic mass is 32.2. The molecule has 0 radical (unpaired) electrons. The van der Waals surface area contributed by atoms with Gasteiger partial charge in [0.2, 0.25) is 0 Å². The van der Waals surface area contributed by atoms with Gasteiger partial charge in [0.05, 0.1) is 4.88 Å². The number of nitrogens with zero attached hydrogens (tertiary/aromatic N) is 1. The SMILES string of the molecule is CNC(=O)c1cc2c(-c3sc(S(N)(=O)=O)c(F)c3Oc3c(C)cc(F)cc3C)cn(C)c(=O)c2[nH]1. The number of thiophene rings is 1. The van der Waals surface area contributed by atoms with E-state index in [0.29, 0.717) is 22.5 Å². The summed E-state index contributed by atoms with van der Waals surface area (Å²) in [5.41, 5.74) is 0.587. The molecule has 4 rings (SSSR count). The fraction of sp³-hybridized carbons (Fsp3) is 0.182. The molecule has 4 aromatic rings. The van der Waals surface area contributed by atoms with Crippen LogP contribution in [0, 0.1) is 25.5 Å². The number of ether oxygens (including phenoxy) is 1. The summed E-state index contributed by atoms with van der Waals surface area (Å²) in [4.78, 5) is 27.6. The Morgan fingerprint density at radius 1 is 1.17 bits per heavy atom. The summed E-state index contributed by atoms with van der Waals surface area (Å²) >= 11 is 0.516. The molecule has 0 saturated carbocycles. The van der Waals surface area contributed by atoms with Gasteiger partial charge in [-0.3, -0.25) is 9.59 Å². The molecule has 3 aromatic heterocycles. The third kappa shape index (κ3) is 4.22. The van der Waals surface area contributed by atoms with E-state index in [2.05, 4.69) is 10.3 Å². The van der Waals surface area contributed by atoms with Crippen LogP contribution in [-0.4, -0.2) is 30.9 Å². The van der Waals surface area contributed by atoms with Gasteiger partial charge in [0.25, 0.3) is 21.5 Å². The molecular formula is C22H20F2N4O5S2. The van der Waals surface area contributed by atoms with Crippen LogP contribution in [0.15, 0.2) is 33.4 Å². The van der Waals surface area contributed by atoms with Gasteiger partial charge in [-0.25, -0.2) is 22.3 Å². The molecule has 1 amide bonds. The Labute approximate surface area is 202 Å². The number of amides is 1. The van der Waals surface area contributed by atoms with Crippen molar-refractivity contribution in [2.45, 2.75) is 18.1 Å². The number of aromatic nitrogens is 2. The Bertz CT molecular complexity index is 1660. The number of pyridine rings is 1. The van der Waals surface area contributed by atoms with Crippen LogP contribution in [0.5, 0.6) is 11.5 Å². The number of fused-ring (bicyclic) bond motifs is 1. The van der Waals surface area contributed by atoms with Crippen LogP contribution in [0.4, 0.5) is 8.78 Å².